The average molecular weight is 289 g/mol. The predicted octanol–water partition coefficient (Wildman–Crippen LogP) is 0.750. The maximum Gasteiger partial charge on any atom is 0.238 e. The number of hydrogen-bond donors (Lipinski definition) is 1. The van der Waals surface area contributed by atoms with Gasteiger partial charge in [-0.25, -0.2) is 12.8 Å². The maximum atomic E-state index is 13.0. The van der Waals surface area contributed by atoms with Gasteiger partial charge in [0.2, 0.25) is 5.91 Å². The van der Waals surface area contributed by atoms with Gasteiger partial charge in [-0.15, -0.1) is 0 Å². The van der Waals surface area contributed by atoms with E-state index in [-0.39, 0.29) is 11.4 Å². The van der Waals surface area contributed by atoms with Crippen molar-refractivity contribution in [3.63, 3.8) is 0 Å². The number of sulfone groups is 1. The zero-order chi connectivity index (χ0) is 14.5. The van der Waals surface area contributed by atoms with Crippen molar-refractivity contribution in [2.24, 2.45) is 0 Å². The van der Waals surface area contributed by atoms with Crippen LogP contribution in [0, 0.1) is 5.82 Å². The molecule has 0 aliphatic rings. The zero-order valence-electron chi connectivity index (χ0n) is 10.7. The Morgan fingerprint density at radius 2 is 2.16 bits per heavy atom. The minimum atomic E-state index is -3.89. The lowest BCUT2D eigenvalue weighted by Gasteiger charge is -2.13. The van der Waals surface area contributed by atoms with Gasteiger partial charge in [0.05, 0.1) is 11.5 Å². The first kappa shape index (κ1) is 15.6. The molecule has 1 aromatic carbocycles. The zero-order valence-corrected chi connectivity index (χ0v) is 11.5. The Hall–Kier alpha value is -1.47. The lowest BCUT2D eigenvalue weighted by Crippen LogP contribution is -2.39. The lowest BCUT2D eigenvalue weighted by molar-refractivity contribution is -0.120. The van der Waals surface area contributed by atoms with Crippen LogP contribution in [0.1, 0.15) is 6.92 Å². The van der Waals surface area contributed by atoms with E-state index < -0.39 is 26.8 Å². The first-order valence-corrected chi connectivity index (χ1v) is 7.20. The molecule has 1 N–H and O–H groups in total. The number of halogens is 1. The first-order chi connectivity index (χ1) is 8.89. The van der Waals surface area contributed by atoms with Gasteiger partial charge in [-0.2, -0.15) is 0 Å². The van der Waals surface area contributed by atoms with Crippen LogP contribution in [-0.4, -0.2) is 39.8 Å². The van der Waals surface area contributed by atoms with E-state index in [4.69, 9.17) is 4.74 Å². The lowest BCUT2D eigenvalue weighted by atomic mass is 10.3. The van der Waals surface area contributed by atoms with Crippen molar-refractivity contribution < 1.29 is 22.3 Å². The number of amides is 1. The van der Waals surface area contributed by atoms with Crippen LogP contribution < -0.4 is 5.32 Å². The summed E-state index contributed by atoms with van der Waals surface area (Å²) >= 11 is 0. The molecule has 1 amide bonds. The van der Waals surface area contributed by atoms with Gasteiger partial charge in [-0.3, -0.25) is 4.79 Å². The largest absolute Gasteiger partial charge is 0.383 e. The summed E-state index contributed by atoms with van der Waals surface area (Å²) in [6.45, 7) is 1.78. The van der Waals surface area contributed by atoms with E-state index in [0.29, 0.717) is 6.61 Å². The van der Waals surface area contributed by atoms with Crippen molar-refractivity contribution in [2.45, 2.75) is 17.1 Å². The molecule has 0 aliphatic heterocycles. The topological polar surface area (TPSA) is 72.5 Å². The van der Waals surface area contributed by atoms with Gasteiger partial charge in [-0.1, -0.05) is 6.07 Å². The van der Waals surface area contributed by atoms with Crippen molar-refractivity contribution in [3.8, 4) is 0 Å². The molecule has 0 spiro atoms. The summed E-state index contributed by atoms with van der Waals surface area (Å²) in [5.41, 5.74) is 0. The molecule has 1 unspecified atom stereocenters. The van der Waals surface area contributed by atoms with Gasteiger partial charge >= 0.3 is 0 Å². The average Bonchev–Trinajstić information content (AvgIpc) is 2.38. The highest BCUT2D eigenvalue weighted by molar-refractivity contribution is 7.92. The molecule has 0 aromatic heterocycles. The Kier molecular flexibility index (Phi) is 5.44. The number of rotatable bonds is 6. The highest BCUT2D eigenvalue weighted by Crippen LogP contribution is 2.17. The number of carbonyl (C=O) groups is 1. The van der Waals surface area contributed by atoms with Crippen molar-refractivity contribution in [1.82, 2.24) is 5.32 Å². The summed E-state index contributed by atoms with van der Waals surface area (Å²) in [6, 6.07) is 4.59. The van der Waals surface area contributed by atoms with Crippen LogP contribution in [0.25, 0.3) is 0 Å². The van der Waals surface area contributed by atoms with Gasteiger partial charge in [-0.05, 0) is 25.1 Å². The van der Waals surface area contributed by atoms with Crippen LogP contribution in [0.3, 0.4) is 0 Å². The molecule has 0 saturated heterocycles. The molecule has 106 valence electrons. The van der Waals surface area contributed by atoms with Crippen LogP contribution in [0.15, 0.2) is 29.2 Å². The number of methoxy groups -OCH3 is 1. The van der Waals surface area contributed by atoms with E-state index in [2.05, 4.69) is 5.32 Å². The van der Waals surface area contributed by atoms with Gasteiger partial charge < -0.3 is 10.1 Å². The Labute approximate surface area is 111 Å². The number of hydrogen-bond acceptors (Lipinski definition) is 4. The molecule has 1 atom stereocenters. The Balaban J connectivity index is 2.85. The number of ether oxygens (including phenoxy) is 1. The van der Waals surface area contributed by atoms with Crippen LogP contribution >= 0.6 is 0 Å². The second-order valence-corrected chi connectivity index (χ2v) is 6.20. The Morgan fingerprint density at radius 3 is 2.74 bits per heavy atom. The highest BCUT2D eigenvalue weighted by atomic mass is 32.2. The van der Waals surface area contributed by atoms with Crippen LogP contribution in [0.2, 0.25) is 0 Å². The molecule has 7 heteroatoms. The van der Waals surface area contributed by atoms with E-state index in [1.165, 1.54) is 26.2 Å². The van der Waals surface area contributed by atoms with Crippen molar-refractivity contribution in [2.75, 3.05) is 20.3 Å². The molecular formula is C12H16FNO4S. The SMILES string of the molecule is COCCNC(=O)C(C)S(=O)(=O)c1cccc(F)c1. The third-order valence-corrected chi connectivity index (χ3v) is 4.62. The molecule has 0 fully saturated rings. The van der Waals surface area contributed by atoms with Gasteiger partial charge in [0, 0.05) is 13.7 Å². The summed E-state index contributed by atoms with van der Waals surface area (Å²) in [5.74, 6) is -1.30. The minimum absolute atomic E-state index is 0.207. The fourth-order valence-electron chi connectivity index (χ4n) is 1.41. The quantitative estimate of drug-likeness (QED) is 0.784. The molecule has 0 radical (unpaired) electrons. The van der Waals surface area contributed by atoms with Crippen molar-refractivity contribution in [3.05, 3.63) is 30.1 Å². The third-order valence-electron chi connectivity index (χ3n) is 2.56. The molecule has 0 heterocycles. The normalized spacial score (nSPS) is 13.0. The summed E-state index contributed by atoms with van der Waals surface area (Å²) in [7, 11) is -2.42. The van der Waals surface area contributed by atoms with E-state index in [0.717, 1.165) is 12.1 Å². The number of benzene rings is 1. The maximum absolute atomic E-state index is 13.0. The first-order valence-electron chi connectivity index (χ1n) is 5.65. The van der Waals surface area contributed by atoms with Crippen LogP contribution in [0.5, 0.6) is 0 Å². The van der Waals surface area contributed by atoms with Gasteiger partial charge in [0.1, 0.15) is 11.1 Å². The second kappa shape index (κ2) is 6.63. The standard InChI is InChI=1S/C12H16FNO4S/c1-9(12(15)14-6-7-18-2)19(16,17)11-5-3-4-10(13)8-11/h3-5,8-9H,6-7H2,1-2H3,(H,14,15). The molecule has 1 rings (SSSR count). The molecule has 5 nitrogen and oxygen atoms in total. The molecule has 1 aromatic rings. The smallest absolute Gasteiger partial charge is 0.238 e. The summed E-state index contributed by atoms with van der Waals surface area (Å²) < 4.78 is 42.0. The van der Waals surface area contributed by atoms with E-state index in [1.807, 2.05) is 0 Å². The van der Waals surface area contributed by atoms with Crippen LogP contribution in [0.4, 0.5) is 4.39 Å². The number of nitrogens with one attached hydrogen (secondary N) is 1. The summed E-state index contributed by atoms with van der Waals surface area (Å²) in [5, 5.41) is 1.15. The fraction of sp³-hybridized carbons (Fsp3) is 0.417. The van der Waals surface area contributed by atoms with Gasteiger partial charge in [0.15, 0.2) is 9.84 Å². The van der Waals surface area contributed by atoms with E-state index in [9.17, 15) is 17.6 Å². The third kappa shape index (κ3) is 4.00. The Bertz CT molecular complexity index is 544. The molecule has 0 aliphatic carbocycles. The van der Waals surface area contributed by atoms with Crippen LogP contribution in [-0.2, 0) is 19.4 Å². The van der Waals surface area contributed by atoms with E-state index in [1.54, 1.807) is 0 Å². The fourth-order valence-corrected chi connectivity index (χ4v) is 2.73. The second-order valence-electron chi connectivity index (χ2n) is 3.93. The predicted molar refractivity (Wildman–Crippen MR) is 67.9 cm³/mol. The summed E-state index contributed by atoms with van der Waals surface area (Å²) in [6.07, 6.45) is 0. The molecule has 19 heavy (non-hydrogen) atoms. The molecular weight excluding hydrogens is 273 g/mol. The highest BCUT2D eigenvalue weighted by Gasteiger charge is 2.29. The molecule has 0 bridgehead atoms. The monoisotopic (exact) mass is 289 g/mol. The van der Waals surface area contributed by atoms with Crippen molar-refractivity contribution >= 4 is 15.7 Å². The van der Waals surface area contributed by atoms with Gasteiger partial charge in [0.25, 0.3) is 0 Å². The van der Waals surface area contributed by atoms with Crippen molar-refractivity contribution in [1.29, 1.82) is 0 Å². The minimum Gasteiger partial charge on any atom is -0.383 e. The molecule has 0 saturated carbocycles. The summed E-state index contributed by atoms with van der Waals surface area (Å²) in [4.78, 5) is 11.5. The number of carbonyl (C=O) groups excluding carboxylic acids is 1. The van der Waals surface area contributed by atoms with E-state index >= 15 is 0 Å². The Morgan fingerprint density at radius 1 is 1.47 bits per heavy atom.